The molecule has 6 nitrogen and oxygen atoms in total. The largest absolute Gasteiger partial charge is 0.416 e. The van der Waals surface area contributed by atoms with Gasteiger partial charge in [0.15, 0.2) is 0 Å². The Morgan fingerprint density at radius 3 is 2.27 bits per heavy atom. The van der Waals surface area contributed by atoms with Gasteiger partial charge in [0, 0.05) is 50.2 Å². The molecule has 1 saturated heterocycles. The third kappa shape index (κ3) is 5.50. The van der Waals surface area contributed by atoms with Crippen LogP contribution in [0.15, 0.2) is 48.5 Å². The Morgan fingerprint density at radius 2 is 1.67 bits per heavy atom. The fourth-order valence-electron chi connectivity index (χ4n) is 3.30. The maximum Gasteiger partial charge on any atom is 0.416 e. The minimum atomic E-state index is -4.37. The van der Waals surface area contributed by atoms with E-state index in [-0.39, 0.29) is 18.4 Å². The number of amides is 2. The molecule has 0 aliphatic carbocycles. The summed E-state index contributed by atoms with van der Waals surface area (Å²) in [5.41, 5.74) is 0.964. The van der Waals surface area contributed by atoms with Crippen molar-refractivity contribution in [2.24, 2.45) is 0 Å². The van der Waals surface area contributed by atoms with E-state index in [4.69, 9.17) is 0 Å². The van der Waals surface area contributed by atoms with Crippen LogP contribution in [0.1, 0.15) is 15.9 Å². The SMILES string of the molecule is CNC(=O)c1ccc(NC(=O)CN2CCN(c3cccc(C(F)(F)F)c3)CC2)cc1. The summed E-state index contributed by atoms with van der Waals surface area (Å²) in [6.45, 7) is 2.40. The van der Waals surface area contributed by atoms with Gasteiger partial charge in [-0.1, -0.05) is 6.07 Å². The van der Waals surface area contributed by atoms with Crippen LogP contribution in [-0.2, 0) is 11.0 Å². The number of halogens is 3. The van der Waals surface area contributed by atoms with E-state index in [1.54, 1.807) is 37.4 Å². The van der Waals surface area contributed by atoms with Crippen molar-refractivity contribution in [2.45, 2.75) is 6.18 Å². The van der Waals surface area contributed by atoms with Gasteiger partial charge < -0.3 is 15.5 Å². The molecule has 1 aliphatic rings. The first-order valence-electron chi connectivity index (χ1n) is 9.53. The normalized spacial score (nSPS) is 15.0. The average Bonchev–Trinajstić information content (AvgIpc) is 2.73. The zero-order valence-corrected chi connectivity index (χ0v) is 16.5. The standard InChI is InChI=1S/C21H23F3N4O2/c1-25-20(30)15-5-7-17(8-6-15)26-19(29)14-27-9-11-28(12-10-27)18-4-2-3-16(13-18)21(22,23)24/h2-8,13H,9-12,14H2,1H3,(H,25,30)(H,26,29). The van der Waals surface area contributed by atoms with E-state index < -0.39 is 11.7 Å². The smallest absolute Gasteiger partial charge is 0.369 e. The fraction of sp³-hybridized carbons (Fsp3) is 0.333. The molecule has 2 aromatic carbocycles. The molecule has 0 atom stereocenters. The number of nitrogens with zero attached hydrogens (tertiary/aromatic N) is 2. The van der Waals surface area contributed by atoms with Crippen LogP contribution in [0.25, 0.3) is 0 Å². The number of anilines is 2. The zero-order chi connectivity index (χ0) is 21.7. The van der Waals surface area contributed by atoms with Gasteiger partial charge in [-0.25, -0.2) is 0 Å². The van der Waals surface area contributed by atoms with Crippen LogP contribution in [0, 0.1) is 0 Å². The summed E-state index contributed by atoms with van der Waals surface area (Å²) < 4.78 is 38.7. The number of carbonyl (C=O) groups is 2. The monoisotopic (exact) mass is 420 g/mol. The van der Waals surface area contributed by atoms with Crippen molar-refractivity contribution in [3.05, 3.63) is 59.7 Å². The molecule has 1 fully saturated rings. The van der Waals surface area contributed by atoms with Crippen LogP contribution in [0.5, 0.6) is 0 Å². The Hall–Kier alpha value is -3.07. The van der Waals surface area contributed by atoms with Gasteiger partial charge in [-0.05, 0) is 42.5 Å². The summed E-state index contributed by atoms with van der Waals surface area (Å²) in [4.78, 5) is 27.7. The van der Waals surface area contributed by atoms with Gasteiger partial charge in [-0.2, -0.15) is 13.2 Å². The lowest BCUT2D eigenvalue weighted by atomic mass is 10.1. The Labute approximate surface area is 172 Å². The quantitative estimate of drug-likeness (QED) is 0.781. The van der Waals surface area contributed by atoms with Crippen LogP contribution in [0.4, 0.5) is 24.5 Å². The minimum absolute atomic E-state index is 0.185. The Bertz CT molecular complexity index is 892. The number of alkyl halides is 3. The van der Waals surface area contributed by atoms with Crippen LogP contribution < -0.4 is 15.5 Å². The van der Waals surface area contributed by atoms with E-state index in [0.717, 1.165) is 12.1 Å². The summed E-state index contributed by atoms with van der Waals surface area (Å²) in [7, 11) is 1.55. The number of carbonyl (C=O) groups excluding carboxylic acids is 2. The number of piperazine rings is 1. The molecule has 9 heteroatoms. The third-order valence-electron chi connectivity index (χ3n) is 4.94. The number of hydrogen-bond acceptors (Lipinski definition) is 4. The second kappa shape index (κ2) is 9.17. The maximum atomic E-state index is 12.9. The summed E-state index contributed by atoms with van der Waals surface area (Å²) in [5.74, 6) is -0.387. The molecule has 0 aromatic heterocycles. The average molecular weight is 420 g/mol. The summed E-state index contributed by atoms with van der Waals surface area (Å²) in [6.07, 6.45) is -4.37. The lowest BCUT2D eigenvalue weighted by molar-refractivity contribution is -0.137. The third-order valence-corrected chi connectivity index (χ3v) is 4.94. The van der Waals surface area contributed by atoms with E-state index in [1.807, 2.05) is 9.80 Å². The molecule has 2 N–H and O–H groups in total. The van der Waals surface area contributed by atoms with Crippen molar-refractivity contribution in [1.82, 2.24) is 10.2 Å². The Morgan fingerprint density at radius 1 is 1.00 bits per heavy atom. The Balaban J connectivity index is 1.50. The molecular weight excluding hydrogens is 397 g/mol. The molecule has 2 aromatic rings. The summed E-state index contributed by atoms with van der Waals surface area (Å²) in [5, 5.41) is 5.32. The lowest BCUT2D eigenvalue weighted by Gasteiger charge is -2.36. The summed E-state index contributed by atoms with van der Waals surface area (Å²) >= 11 is 0. The number of rotatable bonds is 5. The lowest BCUT2D eigenvalue weighted by Crippen LogP contribution is -2.48. The molecule has 0 radical (unpaired) electrons. The van der Waals surface area contributed by atoms with Crippen LogP contribution in [0.2, 0.25) is 0 Å². The van der Waals surface area contributed by atoms with Gasteiger partial charge in [0.05, 0.1) is 12.1 Å². The molecular formula is C21H23F3N4O2. The predicted molar refractivity (Wildman–Crippen MR) is 109 cm³/mol. The van der Waals surface area contributed by atoms with Crippen molar-refractivity contribution in [3.8, 4) is 0 Å². The van der Waals surface area contributed by atoms with Gasteiger partial charge in [-0.15, -0.1) is 0 Å². The van der Waals surface area contributed by atoms with Crippen molar-refractivity contribution < 1.29 is 22.8 Å². The molecule has 1 heterocycles. The van der Waals surface area contributed by atoms with Crippen LogP contribution in [0.3, 0.4) is 0 Å². The van der Waals surface area contributed by atoms with E-state index in [0.29, 0.717) is 43.1 Å². The number of benzene rings is 2. The first-order chi connectivity index (χ1) is 14.3. The Kier molecular flexibility index (Phi) is 6.61. The first kappa shape index (κ1) is 21.6. The van der Waals surface area contributed by atoms with Crippen molar-refractivity contribution in [2.75, 3.05) is 50.0 Å². The highest BCUT2D eigenvalue weighted by Crippen LogP contribution is 2.31. The number of hydrogen-bond donors (Lipinski definition) is 2. The highest BCUT2D eigenvalue weighted by atomic mass is 19.4. The summed E-state index contributed by atoms with van der Waals surface area (Å²) in [6, 6.07) is 11.9. The van der Waals surface area contributed by atoms with Crippen molar-refractivity contribution >= 4 is 23.2 Å². The second-order valence-corrected chi connectivity index (χ2v) is 7.02. The zero-order valence-electron chi connectivity index (χ0n) is 16.5. The van der Waals surface area contributed by atoms with E-state index in [9.17, 15) is 22.8 Å². The number of nitrogens with one attached hydrogen (secondary N) is 2. The molecule has 0 bridgehead atoms. The topological polar surface area (TPSA) is 64.7 Å². The van der Waals surface area contributed by atoms with E-state index in [1.165, 1.54) is 6.07 Å². The van der Waals surface area contributed by atoms with Gasteiger partial charge >= 0.3 is 6.18 Å². The fourth-order valence-corrected chi connectivity index (χ4v) is 3.30. The van der Waals surface area contributed by atoms with Gasteiger partial charge in [-0.3, -0.25) is 14.5 Å². The molecule has 30 heavy (non-hydrogen) atoms. The highest BCUT2D eigenvalue weighted by molar-refractivity contribution is 5.96. The van der Waals surface area contributed by atoms with Gasteiger partial charge in [0.2, 0.25) is 5.91 Å². The molecule has 2 amide bonds. The highest BCUT2D eigenvalue weighted by Gasteiger charge is 2.31. The molecule has 1 aliphatic heterocycles. The van der Waals surface area contributed by atoms with Gasteiger partial charge in [0.25, 0.3) is 5.91 Å². The van der Waals surface area contributed by atoms with E-state index in [2.05, 4.69) is 10.6 Å². The molecule has 3 rings (SSSR count). The van der Waals surface area contributed by atoms with Crippen molar-refractivity contribution in [1.29, 1.82) is 0 Å². The van der Waals surface area contributed by atoms with Crippen LogP contribution >= 0.6 is 0 Å². The van der Waals surface area contributed by atoms with Gasteiger partial charge in [0.1, 0.15) is 0 Å². The van der Waals surface area contributed by atoms with Crippen LogP contribution in [-0.4, -0.2) is 56.5 Å². The maximum absolute atomic E-state index is 12.9. The molecule has 0 spiro atoms. The van der Waals surface area contributed by atoms with Crippen molar-refractivity contribution in [3.63, 3.8) is 0 Å². The predicted octanol–water partition coefficient (Wildman–Crippen LogP) is 2.83. The molecule has 0 unspecified atom stereocenters. The second-order valence-electron chi connectivity index (χ2n) is 7.02. The molecule has 0 saturated carbocycles. The molecule has 160 valence electrons. The minimum Gasteiger partial charge on any atom is -0.369 e. The van der Waals surface area contributed by atoms with E-state index >= 15 is 0 Å². The first-order valence-corrected chi connectivity index (χ1v) is 9.53.